The Labute approximate surface area is 113 Å². The summed E-state index contributed by atoms with van der Waals surface area (Å²) in [6.45, 7) is 3.96. The van der Waals surface area contributed by atoms with E-state index >= 15 is 0 Å². The van der Waals surface area contributed by atoms with E-state index in [1.165, 1.54) is 6.92 Å². The fourth-order valence-electron chi connectivity index (χ4n) is 0.642. The van der Waals surface area contributed by atoms with Crippen molar-refractivity contribution in [3.63, 3.8) is 0 Å². The molecular weight excluding hydrogens is 228 g/mol. The molecule has 0 radical (unpaired) electrons. The van der Waals surface area contributed by atoms with Gasteiger partial charge in [0.05, 0.1) is 18.9 Å². The third-order valence-corrected chi connectivity index (χ3v) is 2.92. The van der Waals surface area contributed by atoms with Crippen molar-refractivity contribution >= 4 is 14.8 Å². The van der Waals surface area contributed by atoms with Crippen LogP contribution in [0, 0.1) is 0 Å². The maximum atomic E-state index is 11.4. The first-order chi connectivity index (χ1) is 11.7. The highest BCUT2D eigenvalue weighted by Gasteiger charge is 2.36. The van der Waals surface area contributed by atoms with Crippen LogP contribution in [0.4, 0.5) is 0 Å². The number of hydrogen-bond acceptors (Lipinski definition) is 5. The van der Waals surface area contributed by atoms with Gasteiger partial charge in [0, 0.05) is 35.4 Å². The monoisotopic (exact) mass is 259 g/mol. The van der Waals surface area contributed by atoms with E-state index in [2.05, 4.69) is 24.6 Å². The van der Waals surface area contributed by atoms with Crippen molar-refractivity contribution in [2.24, 2.45) is 0 Å². The van der Waals surface area contributed by atoms with Crippen LogP contribution in [-0.4, -0.2) is 42.5 Å². The minimum Gasteiger partial charge on any atom is -0.462 e. The molecule has 0 atom stereocenters. The zero-order valence-electron chi connectivity index (χ0n) is 19.7. The predicted molar refractivity (Wildman–Crippen MR) is 62.0 cm³/mol. The van der Waals surface area contributed by atoms with Crippen LogP contribution in [0.5, 0.6) is 0 Å². The quantitative estimate of drug-likeness (QED) is 0.374. The zero-order valence-corrected chi connectivity index (χ0v) is 9.66. The fourth-order valence-corrected chi connectivity index (χ4v) is 1.39. The van der Waals surface area contributed by atoms with Crippen molar-refractivity contribution in [3.8, 4) is 0 Å². The Morgan fingerprint density at radius 1 is 1.38 bits per heavy atom. The maximum absolute atomic E-state index is 11.4. The first kappa shape index (κ1) is 4.89. The molecule has 0 N–H and O–H groups in total. The van der Waals surface area contributed by atoms with Gasteiger partial charge >= 0.3 is 14.8 Å². The Hall–Kier alpha value is -0.693. The summed E-state index contributed by atoms with van der Waals surface area (Å²) in [6, 6.07) is 0. The molecule has 6 heteroatoms. The molecule has 0 aliphatic heterocycles. The lowest BCUT2D eigenvalue weighted by atomic mass is 10.4. The van der Waals surface area contributed by atoms with E-state index in [0.29, 0.717) is 0 Å². The summed E-state index contributed by atoms with van der Waals surface area (Å²) in [4.78, 5) is 11.4. The molecule has 0 fully saturated rings. The first-order valence-electron chi connectivity index (χ1n) is 9.63. The number of esters is 1. The Morgan fingerprint density at radius 2 is 1.94 bits per heavy atom. The van der Waals surface area contributed by atoms with E-state index in [0.717, 1.165) is 0 Å². The van der Waals surface area contributed by atoms with Crippen molar-refractivity contribution < 1.29 is 37.9 Å². The van der Waals surface area contributed by atoms with E-state index < -0.39 is 54.9 Å². The number of rotatable bonds is 8. The summed E-state index contributed by atoms with van der Waals surface area (Å²) in [5.41, 5.74) is -0.00436. The second kappa shape index (κ2) is 7.56. The molecule has 0 saturated heterocycles. The number of hydrogen-bond donors (Lipinski definition) is 0. The molecule has 16 heavy (non-hydrogen) atoms. The lowest BCUT2D eigenvalue weighted by molar-refractivity contribution is -0.139. The number of carbonyl (C=O) groups is 1. The Balaban J connectivity index is 5.92. The van der Waals surface area contributed by atoms with Gasteiger partial charge in [-0.2, -0.15) is 0 Å². The minimum absolute atomic E-state index is 0.00436. The number of carbonyl (C=O) groups excluding carboxylic acids is 1. The third kappa shape index (κ3) is 4.89. The SMILES string of the molecule is [2H]C([2H])([2H])O[Si](OC([2H])([2H])[2H])(OC([2H])([2H])[2H])C([2H])([2H])CCOC(=O)C(=C)C. The highest BCUT2D eigenvalue weighted by atomic mass is 28.4. The molecule has 0 bridgehead atoms. The summed E-state index contributed by atoms with van der Waals surface area (Å²) in [5.74, 6) is -3.94. The van der Waals surface area contributed by atoms with Crippen LogP contribution >= 0.6 is 0 Å². The van der Waals surface area contributed by atoms with Gasteiger partial charge < -0.3 is 18.0 Å². The summed E-state index contributed by atoms with van der Waals surface area (Å²) < 4.78 is 98.4. The van der Waals surface area contributed by atoms with E-state index in [4.69, 9.17) is 15.1 Å². The average Bonchev–Trinajstić information content (AvgIpc) is 2.31. The molecule has 0 spiro atoms. The third-order valence-electron chi connectivity index (χ3n) is 1.43. The topological polar surface area (TPSA) is 54.0 Å². The molecule has 0 aromatic rings. The molecule has 0 saturated carbocycles. The molecule has 0 rings (SSSR count). The van der Waals surface area contributed by atoms with Crippen molar-refractivity contribution in [2.75, 3.05) is 27.7 Å². The zero-order chi connectivity index (χ0) is 21.9. The highest BCUT2D eigenvalue weighted by Crippen LogP contribution is 2.14. The van der Waals surface area contributed by atoms with Crippen LogP contribution in [0.2, 0.25) is 6.00 Å². The second-order valence-electron chi connectivity index (χ2n) is 2.71. The van der Waals surface area contributed by atoms with E-state index in [1.807, 2.05) is 0 Å². The highest BCUT2D eigenvalue weighted by molar-refractivity contribution is 6.60. The molecule has 94 valence electrons. The molecular formula is C10H20O5Si. The molecule has 0 aliphatic rings. The van der Waals surface area contributed by atoms with Crippen LogP contribution < -0.4 is 0 Å². The van der Waals surface area contributed by atoms with Crippen LogP contribution in [0.3, 0.4) is 0 Å². The second-order valence-corrected chi connectivity index (χ2v) is 4.78. The Morgan fingerprint density at radius 3 is 2.38 bits per heavy atom. The molecule has 0 aromatic heterocycles. The largest absolute Gasteiger partial charge is 0.500 e. The summed E-state index contributed by atoms with van der Waals surface area (Å²) >= 11 is 0. The van der Waals surface area contributed by atoms with Crippen LogP contribution in [-0.2, 0) is 22.8 Å². The average molecular weight is 259 g/mol. The predicted octanol–water partition coefficient (Wildman–Crippen LogP) is 1.37. The van der Waals surface area contributed by atoms with Gasteiger partial charge in [0.25, 0.3) is 0 Å². The van der Waals surface area contributed by atoms with Crippen LogP contribution in [0.15, 0.2) is 12.2 Å². The van der Waals surface area contributed by atoms with Gasteiger partial charge in [0.2, 0.25) is 0 Å². The van der Waals surface area contributed by atoms with Crippen LogP contribution in [0.25, 0.3) is 0 Å². The Kier molecular flexibility index (Phi) is 2.31. The summed E-state index contributed by atoms with van der Waals surface area (Å²) in [6.07, 6.45) is -0.861. The normalized spacial score (nSPS) is 24.7. The lowest BCUT2D eigenvalue weighted by Gasteiger charge is -2.24. The van der Waals surface area contributed by atoms with Gasteiger partial charge in [-0.1, -0.05) is 6.58 Å². The van der Waals surface area contributed by atoms with Gasteiger partial charge in [-0.05, 0) is 13.3 Å². The van der Waals surface area contributed by atoms with Gasteiger partial charge in [0.15, 0.2) is 0 Å². The van der Waals surface area contributed by atoms with Crippen molar-refractivity contribution in [2.45, 2.75) is 19.3 Å². The lowest BCUT2D eigenvalue weighted by Crippen LogP contribution is -2.42. The van der Waals surface area contributed by atoms with Crippen molar-refractivity contribution in [3.05, 3.63) is 12.2 Å². The van der Waals surface area contributed by atoms with Gasteiger partial charge in [0.1, 0.15) is 0 Å². The van der Waals surface area contributed by atoms with Gasteiger partial charge in [-0.15, -0.1) is 0 Å². The molecule has 0 unspecified atom stereocenters. The standard InChI is InChI=1S/C10H20O5Si/c1-9(2)10(11)15-7-6-8-16(12-3,13-4)14-5/h1,6-8H2,2-5H3/i3D3,4D3,5D3,8D2. The van der Waals surface area contributed by atoms with Gasteiger partial charge in [-0.3, -0.25) is 0 Å². The van der Waals surface area contributed by atoms with E-state index in [9.17, 15) is 4.79 Å². The van der Waals surface area contributed by atoms with Crippen LogP contribution in [0.1, 0.15) is 28.4 Å². The van der Waals surface area contributed by atoms with Crippen molar-refractivity contribution in [1.29, 1.82) is 0 Å². The summed E-state index contributed by atoms with van der Waals surface area (Å²) in [5, 5.41) is 0. The molecule has 0 amide bonds. The minimum atomic E-state index is -5.60. The molecule has 0 aromatic carbocycles. The smallest absolute Gasteiger partial charge is 0.462 e. The first-order valence-corrected chi connectivity index (χ1v) is 5.85. The van der Waals surface area contributed by atoms with Crippen molar-refractivity contribution in [1.82, 2.24) is 0 Å². The molecule has 0 heterocycles. The van der Waals surface area contributed by atoms with E-state index in [-0.39, 0.29) is 5.57 Å². The Bertz CT molecular complexity index is 498. The maximum Gasteiger partial charge on any atom is 0.500 e. The molecule has 0 aliphatic carbocycles. The molecule has 5 nitrogen and oxygen atoms in total. The summed E-state index contributed by atoms with van der Waals surface area (Å²) in [7, 11) is -15.9. The fraction of sp³-hybridized carbons (Fsp3) is 0.700. The number of ether oxygens (including phenoxy) is 1. The van der Waals surface area contributed by atoms with E-state index in [1.54, 1.807) is 0 Å². The van der Waals surface area contributed by atoms with Gasteiger partial charge in [-0.25, -0.2) is 4.79 Å².